The second kappa shape index (κ2) is 6.66. The molecule has 0 heterocycles. The minimum atomic E-state index is -1.20. The number of nitrogens with one attached hydrogen (secondary N) is 2. The lowest BCUT2D eigenvalue weighted by atomic mass is 10.2. The molecule has 0 unspecified atom stereocenters. The lowest BCUT2D eigenvalue weighted by Crippen LogP contribution is -2.30. The summed E-state index contributed by atoms with van der Waals surface area (Å²) < 4.78 is 0. The summed E-state index contributed by atoms with van der Waals surface area (Å²) in [6, 6.07) is 7.73. The van der Waals surface area contributed by atoms with E-state index in [1.165, 1.54) is 12.1 Å². The molecular weight excluding hydrogens is 250 g/mol. The maximum Gasteiger partial charge on any atom is 0.322 e. The number of amides is 1. The number of aromatic hydroxyl groups is 1. The van der Waals surface area contributed by atoms with Crippen LogP contribution >= 0.6 is 0 Å². The number of hydrogen-bond acceptors (Lipinski definition) is 5. The molecular formula is C12H11N3O4. The van der Waals surface area contributed by atoms with Gasteiger partial charge in [0.25, 0.3) is 5.91 Å². The lowest BCUT2D eigenvalue weighted by molar-refractivity contribution is -0.137. The predicted molar refractivity (Wildman–Crippen MR) is 66.1 cm³/mol. The Kier molecular flexibility index (Phi) is 4.93. The molecule has 0 aromatic heterocycles. The minimum Gasteiger partial charge on any atom is -0.508 e. The van der Waals surface area contributed by atoms with Gasteiger partial charge in [0.15, 0.2) is 0 Å². The smallest absolute Gasteiger partial charge is 0.322 e. The molecule has 0 aliphatic carbocycles. The topological polar surface area (TPSA) is 122 Å². The van der Waals surface area contributed by atoms with E-state index >= 15 is 0 Å². The number of nitrogens with zero attached hydrogens (tertiary/aromatic N) is 1. The van der Waals surface area contributed by atoms with Gasteiger partial charge < -0.3 is 20.8 Å². The summed E-state index contributed by atoms with van der Waals surface area (Å²) in [5.41, 5.74) is 0.211. The van der Waals surface area contributed by atoms with Gasteiger partial charge >= 0.3 is 5.97 Å². The maximum absolute atomic E-state index is 11.4. The zero-order valence-corrected chi connectivity index (χ0v) is 9.75. The first-order chi connectivity index (χ1) is 9.02. The van der Waals surface area contributed by atoms with E-state index in [4.69, 9.17) is 10.4 Å². The van der Waals surface area contributed by atoms with Gasteiger partial charge in [-0.2, -0.15) is 5.26 Å². The fraction of sp³-hybridized carbons (Fsp3) is 0.0833. The number of hydrogen-bond donors (Lipinski definition) is 4. The number of carbonyl (C=O) groups is 2. The van der Waals surface area contributed by atoms with Gasteiger partial charge in [0.2, 0.25) is 0 Å². The van der Waals surface area contributed by atoms with Crippen LogP contribution in [-0.2, 0) is 9.59 Å². The molecule has 4 N–H and O–H groups in total. The third-order valence-corrected chi connectivity index (χ3v) is 1.99. The van der Waals surface area contributed by atoms with Gasteiger partial charge in [-0.15, -0.1) is 0 Å². The Hall–Kier alpha value is -3.01. The van der Waals surface area contributed by atoms with Crippen molar-refractivity contribution in [1.29, 1.82) is 5.26 Å². The zero-order valence-electron chi connectivity index (χ0n) is 9.75. The van der Waals surface area contributed by atoms with Crippen molar-refractivity contribution in [3.63, 3.8) is 0 Å². The largest absolute Gasteiger partial charge is 0.508 e. The highest BCUT2D eigenvalue weighted by Crippen LogP contribution is 2.15. The van der Waals surface area contributed by atoms with Gasteiger partial charge in [-0.3, -0.25) is 9.59 Å². The van der Waals surface area contributed by atoms with Crippen LogP contribution in [0.4, 0.5) is 5.69 Å². The normalized spacial score (nSPS) is 10.4. The molecule has 0 saturated heterocycles. The van der Waals surface area contributed by atoms with E-state index in [2.05, 4.69) is 10.6 Å². The average molecular weight is 261 g/mol. The number of rotatable bonds is 5. The van der Waals surface area contributed by atoms with Crippen LogP contribution in [0.2, 0.25) is 0 Å². The number of carboxylic acid groups (broad SMARTS) is 1. The Morgan fingerprint density at radius 3 is 2.74 bits per heavy atom. The predicted octanol–water partition coefficient (Wildman–Crippen LogP) is 0.412. The number of phenolic OH excluding ortho intramolecular Hbond substituents is 1. The van der Waals surface area contributed by atoms with E-state index in [9.17, 15) is 14.7 Å². The van der Waals surface area contributed by atoms with Crippen molar-refractivity contribution in [3.05, 3.63) is 36.0 Å². The van der Waals surface area contributed by atoms with Crippen LogP contribution in [0.3, 0.4) is 0 Å². The van der Waals surface area contributed by atoms with Crippen LogP contribution in [0, 0.1) is 11.3 Å². The van der Waals surface area contributed by atoms with Crippen molar-refractivity contribution in [2.75, 3.05) is 11.9 Å². The fourth-order valence-corrected chi connectivity index (χ4v) is 1.15. The van der Waals surface area contributed by atoms with Crippen molar-refractivity contribution in [2.24, 2.45) is 0 Å². The summed E-state index contributed by atoms with van der Waals surface area (Å²) in [6.45, 7) is -0.565. The first kappa shape index (κ1) is 14.1. The lowest BCUT2D eigenvalue weighted by Gasteiger charge is -2.03. The number of phenols is 1. The quantitative estimate of drug-likeness (QED) is 0.450. The molecule has 0 aliphatic rings. The van der Waals surface area contributed by atoms with Crippen LogP contribution in [0.5, 0.6) is 5.75 Å². The molecule has 19 heavy (non-hydrogen) atoms. The molecule has 0 spiro atoms. The molecule has 1 rings (SSSR count). The average Bonchev–Trinajstić information content (AvgIpc) is 2.37. The third kappa shape index (κ3) is 4.79. The van der Waals surface area contributed by atoms with Gasteiger partial charge in [-0.25, -0.2) is 0 Å². The molecule has 7 heteroatoms. The minimum absolute atomic E-state index is 0.0345. The van der Waals surface area contributed by atoms with Crippen LogP contribution in [0.1, 0.15) is 0 Å². The summed E-state index contributed by atoms with van der Waals surface area (Å²) >= 11 is 0. The van der Waals surface area contributed by atoms with Crippen LogP contribution in [0.25, 0.3) is 0 Å². The number of nitriles is 1. The van der Waals surface area contributed by atoms with Crippen molar-refractivity contribution < 1.29 is 19.8 Å². The highest BCUT2D eigenvalue weighted by molar-refractivity contribution is 5.98. The first-order valence-electron chi connectivity index (χ1n) is 5.18. The maximum atomic E-state index is 11.4. The second-order valence-corrected chi connectivity index (χ2v) is 3.44. The van der Waals surface area contributed by atoms with E-state index in [1.807, 2.05) is 0 Å². The molecule has 1 aromatic carbocycles. The molecule has 0 atom stereocenters. The van der Waals surface area contributed by atoms with E-state index in [0.717, 1.165) is 6.20 Å². The van der Waals surface area contributed by atoms with Crippen LogP contribution in [-0.4, -0.2) is 28.6 Å². The Morgan fingerprint density at radius 1 is 1.42 bits per heavy atom. The molecule has 0 bridgehead atoms. The molecule has 0 fully saturated rings. The molecule has 0 saturated carbocycles. The number of carboxylic acids is 1. The van der Waals surface area contributed by atoms with Gasteiger partial charge in [-0.05, 0) is 12.1 Å². The number of aliphatic carboxylic acids is 1. The van der Waals surface area contributed by atoms with Crippen molar-refractivity contribution >= 4 is 17.6 Å². The molecule has 7 nitrogen and oxygen atoms in total. The summed E-state index contributed by atoms with van der Waals surface area (Å²) in [4.78, 5) is 21.7. The standard InChI is InChI=1S/C12H11N3O4/c13-5-8(12(19)15-7-11(17)18)6-14-9-2-1-3-10(16)4-9/h1-4,6,14,16H,7H2,(H,15,19)(H,17,18)/b8-6-. The molecule has 1 amide bonds. The van der Waals surface area contributed by atoms with Crippen molar-refractivity contribution in [2.45, 2.75) is 0 Å². The number of anilines is 1. The van der Waals surface area contributed by atoms with Gasteiger partial charge in [0, 0.05) is 18.0 Å². The second-order valence-electron chi connectivity index (χ2n) is 3.44. The summed E-state index contributed by atoms with van der Waals surface area (Å²) in [5.74, 6) is -1.96. The van der Waals surface area contributed by atoms with Crippen LogP contribution in [0.15, 0.2) is 36.0 Å². The van der Waals surface area contributed by atoms with Crippen molar-refractivity contribution in [1.82, 2.24) is 5.32 Å². The molecule has 0 radical (unpaired) electrons. The van der Waals surface area contributed by atoms with Crippen molar-refractivity contribution in [3.8, 4) is 11.8 Å². The first-order valence-corrected chi connectivity index (χ1v) is 5.18. The summed E-state index contributed by atoms with van der Waals surface area (Å²) in [7, 11) is 0. The Morgan fingerprint density at radius 2 is 2.16 bits per heavy atom. The van der Waals surface area contributed by atoms with Crippen LogP contribution < -0.4 is 10.6 Å². The van der Waals surface area contributed by atoms with E-state index in [0.29, 0.717) is 5.69 Å². The third-order valence-electron chi connectivity index (χ3n) is 1.99. The number of benzene rings is 1. The summed E-state index contributed by atoms with van der Waals surface area (Å²) in [6.07, 6.45) is 1.13. The van der Waals surface area contributed by atoms with Gasteiger partial charge in [0.05, 0.1) is 0 Å². The Bertz CT molecular complexity index is 560. The fourth-order valence-electron chi connectivity index (χ4n) is 1.15. The zero-order chi connectivity index (χ0) is 14.3. The number of carbonyl (C=O) groups excluding carboxylic acids is 1. The highest BCUT2D eigenvalue weighted by Gasteiger charge is 2.09. The molecule has 0 aliphatic heterocycles. The highest BCUT2D eigenvalue weighted by atomic mass is 16.4. The Balaban J connectivity index is 2.69. The van der Waals surface area contributed by atoms with E-state index in [1.54, 1.807) is 18.2 Å². The van der Waals surface area contributed by atoms with E-state index in [-0.39, 0.29) is 11.3 Å². The van der Waals surface area contributed by atoms with E-state index < -0.39 is 18.4 Å². The summed E-state index contributed by atoms with van der Waals surface area (Å²) in [5, 5.41) is 31.1. The van der Waals surface area contributed by atoms with Gasteiger partial charge in [0.1, 0.15) is 23.9 Å². The van der Waals surface area contributed by atoms with Gasteiger partial charge in [-0.1, -0.05) is 6.07 Å². The monoisotopic (exact) mass is 261 g/mol. The SMILES string of the molecule is N#C/C(=C/Nc1cccc(O)c1)C(=O)NCC(=O)O. The Labute approximate surface area is 108 Å². The molecule has 98 valence electrons. The molecule has 1 aromatic rings.